The number of allylic oxidation sites excluding steroid dienone is 5. The molecule has 0 aromatic rings. The van der Waals surface area contributed by atoms with Gasteiger partial charge in [-0.2, -0.15) is 0 Å². The molecule has 1 rings (SSSR count). The zero-order valence-electron chi connectivity index (χ0n) is 40.2. The van der Waals surface area contributed by atoms with Gasteiger partial charge in [0.25, 0.3) is 0 Å². The molecule has 1 aliphatic rings. The Kier molecular flexibility index (Phi) is 39.0. The number of aliphatic hydroxyl groups excluding tert-OH is 2. The minimum absolute atomic E-state index is 0.0888. The van der Waals surface area contributed by atoms with E-state index in [-0.39, 0.29) is 31.7 Å². The van der Waals surface area contributed by atoms with Crippen LogP contribution in [0.25, 0.3) is 0 Å². The first-order valence-corrected chi connectivity index (χ1v) is 27.0. The zero-order chi connectivity index (χ0) is 46.1. The van der Waals surface area contributed by atoms with Crippen molar-refractivity contribution in [1.29, 1.82) is 0 Å². The summed E-state index contributed by atoms with van der Waals surface area (Å²) in [6, 6.07) is 0. The van der Waals surface area contributed by atoms with Crippen molar-refractivity contribution in [3.63, 3.8) is 0 Å². The summed E-state index contributed by atoms with van der Waals surface area (Å²) in [6.45, 7) is 4.69. The van der Waals surface area contributed by atoms with Crippen molar-refractivity contribution in [2.75, 3.05) is 26.4 Å². The number of esters is 2. The number of carbonyl (C=O) groups is 2. The molecular formula is C51H93O11P. The fourth-order valence-electron chi connectivity index (χ4n) is 7.35. The van der Waals surface area contributed by atoms with Crippen LogP contribution in [0.3, 0.4) is 0 Å². The van der Waals surface area contributed by atoms with Gasteiger partial charge in [-0.05, 0) is 57.3 Å². The molecule has 3 N–H and O–H groups in total. The molecule has 0 aromatic heterocycles. The standard InChI is InChI=1S/C51H93O11P/c1-4-6-7-8-9-10-11-21-24-27-30-33-37-48-49(62-48)38-35-40-51(55)61-47(44-60-63(56,57)59-42-46(53)41-52)43-58-50(54)39-34-31-28-25-22-19-17-15-13-12-14-16-18-20-23-26-29-32-36-45(3)5-2/h9-10,21,24,30,33,45-49,52-53H,4-8,11-20,22-23,25-29,31-32,34-44H2,1-3H3,(H,56,57)/b10-9-,24-21-,33-30-/t45?,46-,47+,48?,49?/m0/s1. The number of hydrogen-bond acceptors (Lipinski definition) is 10. The van der Waals surface area contributed by atoms with E-state index in [1.165, 1.54) is 122 Å². The molecule has 0 aromatic carbocycles. The van der Waals surface area contributed by atoms with Gasteiger partial charge in [0.15, 0.2) is 6.10 Å². The van der Waals surface area contributed by atoms with Crippen LogP contribution in [0.15, 0.2) is 36.5 Å². The fourth-order valence-corrected chi connectivity index (χ4v) is 8.14. The Morgan fingerprint density at radius 1 is 0.635 bits per heavy atom. The summed E-state index contributed by atoms with van der Waals surface area (Å²) in [5, 5.41) is 18.4. The average molecular weight is 913 g/mol. The minimum atomic E-state index is -4.65. The Morgan fingerprint density at radius 3 is 1.73 bits per heavy atom. The third-order valence-corrected chi connectivity index (χ3v) is 12.7. The SMILES string of the molecule is CCCCC/C=C\C/C=C\C/C=C\CC1OC1CCCC(=O)O[C@H](COC(=O)CCCCCCCCCCCCCCCCCCCCC(C)CC)COP(=O)(O)OC[C@@H](O)CO. The highest BCUT2D eigenvalue weighted by molar-refractivity contribution is 7.47. The van der Waals surface area contributed by atoms with Crippen LogP contribution in [-0.2, 0) is 37.4 Å². The molecule has 4 unspecified atom stereocenters. The normalized spacial score (nSPS) is 17.7. The maximum atomic E-state index is 12.7. The van der Waals surface area contributed by atoms with Gasteiger partial charge in [-0.1, -0.05) is 192 Å². The van der Waals surface area contributed by atoms with Crippen LogP contribution in [0.2, 0.25) is 0 Å². The summed E-state index contributed by atoms with van der Waals surface area (Å²) >= 11 is 0. The Hall–Kier alpha value is -1.85. The van der Waals surface area contributed by atoms with Gasteiger partial charge in [0.2, 0.25) is 0 Å². The van der Waals surface area contributed by atoms with Crippen LogP contribution < -0.4 is 0 Å². The lowest BCUT2D eigenvalue weighted by atomic mass is 9.99. The molecule has 0 radical (unpaired) electrons. The molecular weight excluding hydrogens is 820 g/mol. The molecule has 0 spiro atoms. The summed E-state index contributed by atoms with van der Waals surface area (Å²) in [5.41, 5.74) is 0. The van der Waals surface area contributed by atoms with Gasteiger partial charge in [0.05, 0.1) is 32.0 Å². The lowest BCUT2D eigenvalue weighted by molar-refractivity contribution is -0.161. The first-order chi connectivity index (χ1) is 30.6. The highest BCUT2D eigenvalue weighted by atomic mass is 31.2. The Morgan fingerprint density at radius 2 is 1.16 bits per heavy atom. The molecule has 1 saturated heterocycles. The molecule has 6 atom stereocenters. The number of epoxide rings is 1. The van der Waals surface area contributed by atoms with E-state index in [4.69, 9.17) is 28.4 Å². The highest BCUT2D eigenvalue weighted by Crippen LogP contribution is 2.43. The van der Waals surface area contributed by atoms with Crippen molar-refractivity contribution in [2.45, 2.75) is 244 Å². The topological polar surface area (TPSA) is 161 Å². The summed E-state index contributed by atoms with van der Waals surface area (Å²) in [7, 11) is -4.65. The third kappa shape index (κ3) is 39.1. The summed E-state index contributed by atoms with van der Waals surface area (Å²) < 4.78 is 38.6. The molecule has 0 aliphatic carbocycles. The van der Waals surface area contributed by atoms with E-state index in [2.05, 4.69) is 57.2 Å². The molecule has 0 saturated carbocycles. The summed E-state index contributed by atoms with van der Waals surface area (Å²) in [4.78, 5) is 35.3. The van der Waals surface area contributed by atoms with Gasteiger partial charge in [-0.3, -0.25) is 18.6 Å². The number of rotatable bonds is 46. The van der Waals surface area contributed by atoms with Crippen LogP contribution >= 0.6 is 7.82 Å². The van der Waals surface area contributed by atoms with Crippen LogP contribution in [0, 0.1) is 5.92 Å². The molecule has 0 amide bonds. The van der Waals surface area contributed by atoms with Gasteiger partial charge in [-0.15, -0.1) is 0 Å². The fraction of sp³-hybridized carbons (Fsp3) is 0.843. The van der Waals surface area contributed by atoms with Crippen LogP contribution in [0.4, 0.5) is 0 Å². The smallest absolute Gasteiger partial charge is 0.462 e. The van der Waals surface area contributed by atoms with Crippen LogP contribution in [-0.4, -0.2) is 77.9 Å². The Balaban J connectivity index is 2.21. The van der Waals surface area contributed by atoms with Gasteiger partial charge in [0.1, 0.15) is 12.7 Å². The second kappa shape index (κ2) is 41.6. The van der Waals surface area contributed by atoms with E-state index in [1.54, 1.807) is 0 Å². The largest absolute Gasteiger partial charge is 0.472 e. The monoisotopic (exact) mass is 913 g/mol. The van der Waals surface area contributed by atoms with E-state index in [0.717, 1.165) is 50.9 Å². The van der Waals surface area contributed by atoms with Gasteiger partial charge >= 0.3 is 19.8 Å². The molecule has 1 heterocycles. The first kappa shape index (κ1) is 59.2. The lowest BCUT2D eigenvalue weighted by Crippen LogP contribution is -2.30. The zero-order valence-corrected chi connectivity index (χ0v) is 41.0. The second-order valence-corrected chi connectivity index (χ2v) is 19.3. The Bertz CT molecular complexity index is 1220. The number of carbonyl (C=O) groups excluding carboxylic acids is 2. The average Bonchev–Trinajstić information content (AvgIpc) is 4.03. The number of unbranched alkanes of at least 4 members (excludes halogenated alkanes) is 20. The number of ether oxygens (including phenoxy) is 3. The first-order valence-electron chi connectivity index (χ1n) is 25.5. The number of phosphoric acid groups is 1. The van der Waals surface area contributed by atoms with E-state index in [9.17, 15) is 24.2 Å². The van der Waals surface area contributed by atoms with Gasteiger partial charge in [0, 0.05) is 12.8 Å². The van der Waals surface area contributed by atoms with E-state index in [1.807, 2.05) is 0 Å². The summed E-state index contributed by atoms with van der Waals surface area (Å²) in [5.74, 6) is -0.101. The number of hydrogen-bond donors (Lipinski definition) is 3. The van der Waals surface area contributed by atoms with E-state index in [0.29, 0.717) is 19.3 Å². The van der Waals surface area contributed by atoms with Crippen molar-refractivity contribution in [2.24, 2.45) is 5.92 Å². The molecule has 1 aliphatic heterocycles. The van der Waals surface area contributed by atoms with Crippen molar-refractivity contribution in [3.8, 4) is 0 Å². The van der Waals surface area contributed by atoms with Crippen LogP contribution in [0.1, 0.15) is 220 Å². The third-order valence-electron chi connectivity index (χ3n) is 11.8. The van der Waals surface area contributed by atoms with E-state index < -0.39 is 51.8 Å². The van der Waals surface area contributed by atoms with Gasteiger partial charge in [-0.25, -0.2) is 4.57 Å². The molecule has 368 valence electrons. The lowest BCUT2D eigenvalue weighted by Gasteiger charge is -2.20. The van der Waals surface area contributed by atoms with Crippen molar-refractivity contribution in [1.82, 2.24) is 0 Å². The maximum absolute atomic E-state index is 12.7. The molecule has 63 heavy (non-hydrogen) atoms. The number of phosphoric ester groups is 1. The maximum Gasteiger partial charge on any atom is 0.472 e. The second-order valence-electron chi connectivity index (χ2n) is 17.8. The Labute approximate surface area is 384 Å². The van der Waals surface area contributed by atoms with E-state index >= 15 is 0 Å². The quantitative estimate of drug-likeness (QED) is 0.0175. The van der Waals surface area contributed by atoms with Crippen molar-refractivity contribution >= 4 is 19.8 Å². The highest BCUT2D eigenvalue weighted by Gasteiger charge is 2.37. The molecule has 1 fully saturated rings. The van der Waals surface area contributed by atoms with Crippen molar-refractivity contribution < 1.29 is 52.5 Å². The summed E-state index contributed by atoms with van der Waals surface area (Å²) in [6.07, 6.45) is 45.5. The molecule has 12 heteroatoms. The molecule has 0 bridgehead atoms. The predicted molar refractivity (Wildman–Crippen MR) is 255 cm³/mol. The van der Waals surface area contributed by atoms with Gasteiger partial charge < -0.3 is 29.3 Å². The minimum Gasteiger partial charge on any atom is -0.462 e. The number of aliphatic hydroxyl groups is 2. The predicted octanol–water partition coefficient (Wildman–Crippen LogP) is 13.1. The van der Waals surface area contributed by atoms with Crippen LogP contribution in [0.5, 0.6) is 0 Å². The molecule has 11 nitrogen and oxygen atoms in total. The van der Waals surface area contributed by atoms with Crippen molar-refractivity contribution in [3.05, 3.63) is 36.5 Å².